The molecule has 0 atom stereocenters. The summed E-state index contributed by atoms with van der Waals surface area (Å²) in [4.78, 5) is 0. The number of hydrogen-bond donors (Lipinski definition) is 0. The molecule has 1 aromatic carbocycles. The van der Waals surface area contributed by atoms with Gasteiger partial charge in [-0.25, -0.2) is 0 Å². The van der Waals surface area contributed by atoms with Gasteiger partial charge >= 0.3 is 6.36 Å². The van der Waals surface area contributed by atoms with Crippen LogP contribution in [0, 0.1) is 0 Å². The Balaban J connectivity index is 2.71. The number of alkyl halides is 3. The summed E-state index contributed by atoms with van der Waals surface area (Å²) in [5.74, 6) is -0.307. The molecule has 0 heterocycles. The zero-order chi connectivity index (χ0) is 9.19. The summed E-state index contributed by atoms with van der Waals surface area (Å²) in [5.41, 5.74) is 7.13. The van der Waals surface area contributed by atoms with Crippen LogP contribution in [-0.4, -0.2) is 6.36 Å². The molecule has 1 radical (unpaired) electrons. The molecular formula is C7H5F3NO. The number of nitrogens with one attached hydrogen (secondary N) is 1. The second kappa shape index (κ2) is 2.92. The van der Waals surface area contributed by atoms with Crippen molar-refractivity contribution in [1.29, 1.82) is 0 Å². The van der Waals surface area contributed by atoms with Crippen molar-refractivity contribution < 1.29 is 17.9 Å². The highest BCUT2D eigenvalue weighted by molar-refractivity contribution is 5.38. The Kier molecular flexibility index (Phi) is 2.12. The highest BCUT2D eigenvalue weighted by Crippen LogP contribution is 2.23. The van der Waals surface area contributed by atoms with E-state index < -0.39 is 6.36 Å². The maximum atomic E-state index is 11.6. The smallest absolute Gasteiger partial charge is 0.406 e. The van der Waals surface area contributed by atoms with E-state index in [4.69, 9.17) is 5.73 Å². The van der Waals surface area contributed by atoms with Gasteiger partial charge in [0.25, 0.3) is 0 Å². The first-order valence-corrected chi connectivity index (χ1v) is 3.05. The van der Waals surface area contributed by atoms with Gasteiger partial charge in [0, 0.05) is 0 Å². The third kappa shape index (κ3) is 2.69. The van der Waals surface area contributed by atoms with E-state index in [0.29, 0.717) is 0 Å². The molecule has 0 spiro atoms. The van der Waals surface area contributed by atoms with Crippen molar-refractivity contribution in [1.82, 2.24) is 5.73 Å². The Hall–Kier alpha value is -1.39. The Labute approximate surface area is 66.7 Å². The minimum atomic E-state index is -4.66. The van der Waals surface area contributed by atoms with Gasteiger partial charge in [-0.1, -0.05) is 0 Å². The van der Waals surface area contributed by atoms with Crippen LogP contribution in [0.4, 0.5) is 18.9 Å². The van der Waals surface area contributed by atoms with Gasteiger partial charge < -0.3 is 10.5 Å². The fourth-order valence-corrected chi connectivity index (χ4v) is 0.657. The molecule has 0 aliphatic rings. The van der Waals surface area contributed by atoms with Crippen LogP contribution in [-0.2, 0) is 0 Å². The minimum Gasteiger partial charge on any atom is -0.406 e. The molecule has 5 heteroatoms. The summed E-state index contributed by atoms with van der Waals surface area (Å²) in [5, 5.41) is 0. The lowest BCUT2D eigenvalue weighted by Gasteiger charge is -2.07. The lowest BCUT2D eigenvalue weighted by molar-refractivity contribution is -0.274. The molecule has 0 unspecified atom stereocenters. The molecule has 0 fully saturated rings. The van der Waals surface area contributed by atoms with Crippen molar-refractivity contribution >= 4 is 5.69 Å². The van der Waals surface area contributed by atoms with Gasteiger partial charge in [-0.3, -0.25) is 0 Å². The zero-order valence-corrected chi connectivity index (χ0v) is 5.85. The number of rotatable bonds is 1. The maximum Gasteiger partial charge on any atom is 0.573 e. The van der Waals surface area contributed by atoms with E-state index in [0.717, 1.165) is 12.1 Å². The minimum absolute atomic E-state index is 0.143. The maximum absolute atomic E-state index is 11.6. The van der Waals surface area contributed by atoms with Gasteiger partial charge in [0.1, 0.15) is 5.75 Å². The molecular weight excluding hydrogens is 171 g/mol. The number of hydrogen-bond acceptors (Lipinski definition) is 1. The van der Waals surface area contributed by atoms with Crippen molar-refractivity contribution in [3.05, 3.63) is 24.3 Å². The molecule has 0 aliphatic carbocycles. The normalized spacial score (nSPS) is 11.2. The third-order valence-corrected chi connectivity index (χ3v) is 1.09. The number of benzene rings is 1. The van der Waals surface area contributed by atoms with Crippen LogP contribution in [0.15, 0.2) is 24.3 Å². The van der Waals surface area contributed by atoms with Crippen LogP contribution in [0.5, 0.6) is 5.75 Å². The summed E-state index contributed by atoms with van der Waals surface area (Å²) in [6.45, 7) is 0. The van der Waals surface area contributed by atoms with E-state index in [-0.39, 0.29) is 11.4 Å². The summed E-state index contributed by atoms with van der Waals surface area (Å²) < 4.78 is 38.3. The predicted octanol–water partition coefficient (Wildman–Crippen LogP) is 2.50. The van der Waals surface area contributed by atoms with Crippen LogP contribution < -0.4 is 10.5 Å². The van der Waals surface area contributed by atoms with E-state index in [9.17, 15) is 13.2 Å². The molecule has 0 amide bonds. The molecule has 12 heavy (non-hydrogen) atoms. The van der Waals surface area contributed by atoms with Gasteiger partial charge in [0.05, 0.1) is 5.69 Å². The molecule has 0 bridgehead atoms. The van der Waals surface area contributed by atoms with Crippen molar-refractivity contribution in [2.45, 2.75) is 6.36 Å². The summed E-state index contributed by atoms with van der Waals surface area (Å²) >= 11 is 0. The van der Waals surface area contributed by atoms with E-state index in [1.165, 1.54) is 12.1 Å². The Morgan fingerprint density at radius 1 is 1.08 bits per heavy atom. The molecule has 0 aliphatic heterocycles. The third-order valence-electron chi connectivity index (χ3n) is 1.09. The topological polar surface area (TPSA) is 33.0 Å². The van der Waals surface area contributed by atoms with Crippen LogP contribution in [0.2, 0.25) is 0 Å². The van der Waals surface area contributed by atoms with E-state index in [1.54, 1.807) is 0 Å². The largest absolute Gasteiger partial charge is 0.573 e. The van der Waals surface area contributed by atoms with Crippen LogP contribution in [0.3, 0.4) is 0 Å². The van der Waals surface area contributed by atoms with Crippen molar-refractivity contribution in [3.8, 4) is 5.75 Å². The molecule has 0 saturated heterocycles. The quantitative estimate of drug-likeness (QED) is 0.647. The Morgan fingerprint density at radius 2 is 1.58 bits per heavy atom. The van der Waals surface area contributed by atoms with E-state index >= 15 is 0 Å². The lowest BCUT2D eigenvalue weighted by Crippen LogP contribution is -2.16. The average Bonchev–Trinajstić information content (AvgIpc) is 1.91. The zero-order valence-electron chi connectivity index (χ0n) is 5.85. The molecule has 1 rings (SSSR count). The van der Waals surface area contributed by atoms with Gasteiger partial charge in [-0.05, 0) is 24.3 Å². The summed E-state index contributed by atoms with van der Waals surface area (Å²) in [7, 11) is 0. The van der Waals surface area contributed by atoms with Crippen molar-refractivity contribution in [2.75, 3.05) is 0 Å². The van der Waals surface area contributed by atoms with E-state index in [1.807, 2.05) is 0 Å². The first kappa shape index (κ1) is 8.70. The van der Waals surface area contributed by atoms with Gasteiger partial charge in [0.15, 0.2) is 0 Å². The number of ether oxygens (including phenoxy) is 1. The van der Waals surface area contributed by atoms with Gasteiger partial charge in [0.2, 0.25) is 0 Å². The fraction of sp³-hybridized carbons (Fsp3) is 0.143. The second-order valence-corrected chi connectivity index (χ2v) is 2.07. The standard InChI is InChI=1S/C7H5F3NO/c8-7(9,10)12-6-3-1-5(11)2-4-6/h1-4,11H. The summed E-state index contributed by atoms with van der Waals surface area (Å²) in [6, 6.07) is 4.63. The molecule has 0 aromatic heterocycles. The predicted molar refractivity (Wildman–Crippen MR) is 35.9 cm³/mol. The monoisotopic (exact) mass is 176 g/mol. The first-order chi connectivity index (χ1) is 5.47. The molecule has 65 valence electrons. The molecule has 1 N–H and O–H groups in total. The fourth-order valence-electron chi connectivity index (χ4n) is 0.657. The van der Waals surface area contributed by atoms with E-state index in [2.05, 4.69) is 4.74 Å². The Bertz CT molecular complexity index is 254. The highest BCUT2D eigenvalue weighted by atomic mass is 19.4. The molecule has 2 nitrogen and oxygen atoms in total. The van der Waals surface area contributed by atoms with Crippen molar-refractivity contribution in [2.24, 2.45) is 0 Å². The SMILES string of the molecule is [NH]c1ccc(OC(F)(F)F)cc1. The number of halogens is 3. The van der Waals surface area contributed by atoms with Crippen LogP contribution in [0.1, 0.15) is 0 Å². The highest BCUT2D eigenvalue weighted by Gasteiger charge is 2.30. The Morgan fingerprint density at radius 3 is 2.00 bits per heavy atom. The van der Waals surface area contributed by atoms with Gasteiger partial charge in [-0.15, -0.1) is 13.2 Å². The molecule has 1 aromatic rings. The summed E-state index contributed by atoms with van der Waals surface area (Å²) in [6.07, 6.45) is -4.66. The first-order valence-electron chi connectivity index (χ1n) is 3.05. The van der Waals surface area contributed by atoms with Crippen LogP contribution in [0.25, 0.3) is 0 Å². The van der Waals surface area contributed by atoms with Crippen LogP contribution >= 0.6 is 0 Å². The second-order valence-electron chi connectivity index (χ2n) is 2.07. The molecule has 0 saturated carbocycles. The van der Waals surface area contributed by atoms with Crippen molar-refractivity contribution in [3.63, 3.8) is 0 Å². The lowest BCUT2D eigenvalue weighted by atomic mass is 10.3. The van der Waals surface area contributed by atoms with Gasteiger partial charge in [-0.2, -0.15) is 0 Å². The average molecular weight is 176 g/mol.